The van der Waals surface area contributed by atoms with E-state index in [0.717, 1.165) is 35.9 Å². The van der Waals surface area contributed by atoms with Crippen molar-refractivity contribution in [2.45, 2.75) is 39.2 Å². The second-order valence-electron chi connectivity index (χ2n) is 4.71. The van der Waals surface area contributed by atoms with E-state index in [1.165, 1.54) is 19.3 Å². The molecule has 1 fully saturated rings. The van der Waals surface area contributed by atoms with E-state index < -0.39 is 0 Å². The molecule has 0 aromatic rings. The monoisotopic (exact) mass is 225 g/mol. The minimum Gasteiger partial charge on any atom is -0.313 e. The Balaban J connectivity index is 2.08. The quantitative estimate of drug-likeness (QED) is 0.570. The maximum atomic E-state index is 5.20. The summed E-state index contributed by atoms with van der Waals surface area (Å²) in [5.41, 5.74) is 0. The fourth-order valence-corrected chi connectivity index (χ4v) is 2.94. The highest BCUT2D eigenvalue weighted by molar-refractivity contribution is 7.99. The molecule has 1 N–H and O–H groups in total. The molecule has 0 saturated heterocycles. The zero-order chi connectivity index (χ0) is 11.1. The Morgan fingerprint density at radius 1 is 1.40 bits per heavy atom. The molecule has 0 heterocycles. The molecule has 86 valence electrons. The molecular formula is C13H23NS. The van der Waals surface area contributed by atoms with E-state index in [-0.39, 0.29) is 0 Å². The molecule has 15 heavy (non-hydrogen) atoms. The highest BCUT2D eigenvalue weighted by atomic mass is 32.2. The first-order valence-corrected chi connectivity index (χ1v) is 7.14. The van der Waals surface area contributed by atoms with E-state index in [1.807, 2.05) is 11.8 Å². The summed E-state index contributed by atoms with van der Waals surface area (Å²) < 4.78 is 0. The number of terminal acetylenes is 1. The van der Waals surface area contributed by atoms with Crippen LogP contribution in [-0.2, 0) is 0 Å². The van der Waals surface area contributed by atoms with Crippen molar-refractivity contribution in [3.05, 3.63) is 0 Å². The van der Waals surface area contributed by atoms with Crippen LogP contribution in [0.5, 0.6) is 0 Å². The second-order valence-corrected chi connectivity index (χ2v) is 5.82. The van der Waals surface area contributed by atoms with Crippen molar-refractivity contribution in [2.75, 3.05) is 18.1 Å². The number of hydrogen-bond acceptors (Lipinski definition) is 2. The van der Waals surface area contributed by atoms with Crippen molar-refractivity contribution >= 4 is 11.8 Å². The topological polar surface area (TPSA) is 12.0 Å². The first kappa shape index (κ1) is 12.9. The van der Waals surface area contributed by atoms with Crippen LogP contribution in [0.25, 0.3) is 0 Å². The maximum absolute atomic E-state index is 5.20. The summed E-state index contributed by atoms with van der Waals surface area (Å²) in [5.74, 6) is 6.41. The summed E-state index contributed by atoms with van der Waals surface area (Å²) in [6, 6.07) is 0.743. The molecule has 1 nitrogen and oxygen atoms in total. The molecule has 0 amide bonds. The largest absolute Gasteiger partial charge is 0.313 e. The second kappa shape index (κ2) is 7.19. The molecular weight excluding hydrogens is 202 g/mol. The Kier molecular flexibility index (Phi) is 6.20. The zero-order valence-electron chi connectivity index (χ0n) is 9.96. The Morgan fingerprint density at radius 3 is 2.87 bits per heavy atom. The smallest absolute Gasteiger partial charge is 0.0545 e. The van der Waals surface area contributed by atoms with Crippen molar-refractivity contribution in [3.8, 4) is 12.3 Å². The molecule has 1 aliphatic carbocycles. The van der Waals surface area contributed by atoms with Gasteiger partial charge in [0.05, 0.1) is 5.75 Å². The van der Waals surface area contributed by atoms with Gasteiger partial charge in [0.1, 0.15) is 0 Å². The normalized spacial score (nSPS) is 31.1. The predicted molar refractivity (Wildman–Crippen MR) is 70.1 cm³/mol. The van der Waals surface area contributed by atoms with Gasteiger partial charge in [-0.3, -0.25) is 0 Å². The average Bonchev–Trinajstić information content (AvgIpc) is 2.20. The van der Waals surface area contributed by atoms with E-state index >= 15 is 0 Å². The van der Waals surface area contributed by atoms with Crippen LogP contribution in [0.3, 0.4) is 0 Å². The summed E-state index contributed by atoms with van der Waals surface area (Å²) >= 11 is 1.84. The fraction of sp³-hybridized carbons (Fsp3) is 0.846. The predicted octanol–water partition coefficient (Wildman–Crippen LogP) is 2.77. The molecule has 0 radical (unpaired) electrons. The van der Waals surface area contributed by atoms with Crippen molar-refractivity contribution < 1.29 is 0 Å². The first-order valence-electron chi connectivity index (χ1n) is 5.98. The van der Waals surface area contributed by atoms with Gasteiger partial charge >= 0.3 is 0 Å². The Morgan fingerprint density at radius 2 is 2.20 bits per heavy atom. The van der Waals surface area contributed by atoms with Crippen LogP contribution >= 0.6 is 11.8 Å². The standard InChI is InChI=1S/C13H23NS/c1-4-8-15-9-7-14-13-6-5-11(2)10-12(13)3/h1,11-14H,5-10H2,2-3H3. The summed E-state index contributed by atoms with van der Waals surface area (Å²) in [7, 11) is 0. The molecule has 0 spiro atoms. The molecule has 0 bridgehead atoms. The van der Waals surface area contributed by atoms with Gasteiger partial charge in [-0.2, -0.15) is 0 Å². The minimum atomic E-state index is 0.743. The number of rotatable bonds is 5. The molecule has 1 saturated carbocycles. The lowest BCUT2D eigenvalue weighted by Crippen LogP contribution is -2.40. The van der Waals surface area contributed by atoms with Gasteiger partial charge < -0.3 is 5.32 Å². The highest BCUT2D eigenvalue weighted by Gasteiger charge is 2.24. The minimum absolute atomic E-state index is 0.743. The molecule has 2 heteroatoms. The van der Waals surface area contributed by atoms with Gasteiger partial charge in [0.2, 0.25) is 0 Å². The van der Waals surface area contributed by atoms with Crippen LogP contribution in [0.2, 0.25) is 0 Å². The van der Waals surface area contributed by atoms with Crippen molar-refractivity contribution in [1.29, 1.82) is 0 Å². The van der Waals surface area contributed by atoms with Crippen molar-refractivity contribution in [1.82, 2.24) is 5.32 Å². The van der Waals surface area contributed by atoms with Crippen molar-refractivity contribution in [2.24, 2.45) is 11.8 Å². The summed E-state index contributed by atoms with van der Waals surface area (Å²) in [6.45, 7) is 5.85. The van der Waals surface area contributed by atoms with Crippen LogP contribution in [0, 0.1) is 24.2 Å². The fourth-order valence-electron chi connectivity index (χ4n) is 2.42. The summed E-state index contributed by atoms with van der Waals surface area (Å²) in [5, 5.41) is 3.66. The first-order chi connectivity index (χ1) is 7.24. The SMILES string of the molecule is C#CCSCCNC1CCC(C)CC1C. The van der Waals surface area contributed by atoms with Gasteiger partial charge in [0.15, 0.2) is 0 Å². The molecule has 0 aromatic carbocycles. The molecule has 1 rings (SSSR count). The van der Waals surface area contributed by atoms with Gasteiger partial charge in [-0.25, -0.2) is 0 Å². The zero-order valence-corrected chi connectivity index (χ0v) is 10.8. The Hall–Kier alpha value is -0.130. The van der Waals surface area contributed by atoms with E-state index in [9.17, 15) is 0 Å². The number of hydrogen-bond donors (Lipinski definition) is 1. The highest BCUT2D eigenvalue weighted by Crippen LogP contribution is 2.28. The third kappa shape index (κ3) is 4.95. The van der Waals surface area contributed by atoms with Crippen LogP contribution in [0.1, 0.15) is 33.1 Å². The van der Waals surface area contributed by atoms with E-state index in [2.05, 4.69) is 25.1 Å². The average molecular weight is 225 g/mol. The Bertz CT molecular complexity index is 209. The van der Waals surface area contributed by atoms with Gasteiger partial charge in [0, 0.05) is 18.3 Å². The van der Waals surface area contributed by atoms with E-state index in [0.29, 0.717) is 0 Å². The van der Waals surface area contributed by atoms with Gasteiger partial charge in [-0.15, -0.1) is 18.2 Å². The third-order valence-corrected chi connectivity index (χ3v) is 4.13. The van der Waals surface area contributed by atoms with Crippen LogP contribution in [0.4, 0.5) is 0 Å². The van der Waals surface area contributed by atoms with Gasteiger partial charge in [-0.1, -0.05) is 19.8 Å². The molecule has 0 aliphatic heterocycles. The number of thioether (sulfide) groups is 1. The maximum Gasteiger partial charge on any atom is 0.0545 e. The molecule has 1 aliphatic rings. The summed E-state index contributed by atoms with van der Waals surface area (Å²) in [6.07, 6.45) is 9.32. The van der Waals surface area contributed by atoms with Crippen LogP contribution in [-0.4, -0.2) is 24.1 Å². The van der Waals surface area contributed by atoms with Crippen molar-refractivity contribution in [3.63, 3.8) is 0 Å². The van der Waals surface area contributed by atoms with E-state index in [4.69, 9.17) is 6.42 Å². The number of nitrogens with one attached hydrogen (secondary N) is 1. The molecule has 3 unspecified atom stereocenters. The lowest BCUT2D eigenvalue weighted by Gasteiger charge is -2.33. The summed E-state index contributed by atoms with van der Waals surface area (Å²) in [4.78, 5) is 0. The van der Waals surface area contributed by atoms with E-state index in [1.54, 1.807) is 0 Å². The third-order valence-electron chi connectivity index (χ3n) is 3.27. The molecule has 0 aromatic heterocycles. The molecule has 3 atom stereocenters. The Labute approximate surface area is 98.8 Å². The van der Waals surface area contributed by atoms with Gasteiger partial charge in [-0.05, 0) is 31.1 Å². The van der Waals surface area contributed by atoms with Crippen LogP contribution < -0.4 is 5.32 Å². The lowest BCUT2D eigenvalue weighted by atomic mass is 9.80. The lowest BCUT2D eigenvalue weighted by molar-refractivity contribution is 0.231. The van der Waals surface area contributed by atoms with Gasteiger partial charge in [0.25, 0.3) is 0 Å². The van der Waals surface area contributed by atoms with Crippen LogP contribution in [0.15, 0.2) is 0 Å².